The zero-order valence-electron chi connectivity index (χ0n) is 10.9. The van der Waals surface area contributed by atoms with E-state index in [1.165, 1.54) is 4.31 Å². The molecule has 1 heterocycles. The maximum Gasteiger partial charge on any atom is 0.243 e. The Morgan fingerprint density at radius 3 is 2.53 bits per heavy atom. The third kappa shape index (κ3) is 3.11. The molecule has 1 saturated heterocycles. The number of aryl methyl sites for hydroxylation is 1. The second-order valence-corrected chi connectivity index (χ2v) is 6.64. The van der Waals surface area contributed by atoms with Crippen LogP contribution in [0.3, 0.4) is 0 Å². The summed E-state index contributed by atoms with van der Waals surface area (Å²) in [6, 6.07) is 5.21. The van der Waals surface area contributed by atoms with E-state index >= 15 is 0 Å². The highest BCUT2D eigenvalue weighted by Crippen LogP contribution is 2.22. The Hall–Kier alpha value is -0.620. The molecular formula is C13H18ClNO3S. The summed E-state index contributed by atoms with van der Waals surface area (Å²) >= 11 is 5.89. The van der Waals surface area contributed by atoms with Crippen LogP contribution < -0.4 is 0 Å². The summed E-state index contributed by atoms with van der Waals surface area (Å²) in [5.74, 6) is 0.329. The Balaban J connectivity index is 2.34. The number of halogens is 1. The number of hydrogen-bond acceptors (Lipinski definition) is 3. The lowest BCUT2D eigenvalue weighted by atomic mass is 10.1. The van der Waals surface area contributed by atoms with Crippen LogP contribution in [0.2, 0.25) is 0 Å². The van der Waals surface area contributed by atoms with E-state index in [1.807, 2.05) is 13.0 Å². The molecule has 0 aliphatic carbocycles. The van der Waals surface area contributed by atoms with Gasteiger partial charge in [-0.1, -0.05) is 13.0 Å². The van der Waals surface area contributed by atoms with E-state index in [9.17, 15) is 8.42 Å². The van der Waals surface area contributed by atoms with E-state index < -0.39 is 10.0 Å². The Morgan fingerprint density at radius 1 is 1.26 bits per heavy atom. The minimum atomic E-state index is -3.42. The molecule has 1 aromatic carbocycles. The van der Waals surface area contributed by atoms with Crippen LogP contribution in [0.5, 0.6) is 0 Å². The molecule has 1 aliphatic heterocycles. The lowest BCUT2D eigenvalue weighted by molar-refractivity contribution is 0.0730. The van der Waals surface area contributed by atoms with Gasteiger partial charge in [-0.15, -0.1) is 11.6 Å². The molecule has 1 aromatic rings. The zero-order valence-corrected chi connectivity index (χ0v) is 12.5. The summed E-state index contributed by atoms with van der Waals surface area (Å²) in [7, 11) is -3.42. The molecular weight excluding hydrogens is 286 g/mol. The average Bonchev–Trinajstić information content (AvgIpc) is 2.47. The quantitative estimate of drug-likeness (QED) is 0.799. The van der Waals surface area contributed by atoms with Gasteiger partial charge in [-0.05, 0) is 29.7 Å². The molecule has 6 heteroatoms. The maximum atomic E-state index is 12.5. The molecule has 1 aliphatic rings. The Labute approximate surface area is 119 Å². The highest BCUT2D eigenvalue weighted by Gasteiger charge is 2.26. The van der Waals surface area contributed by atoms with Crippen LogP contribution in [-0.2, 0) is 27.1 Å². The lowest BCUT2D eigenvalue weighted by Crippen LogP contribution is -2.40. The third-order valence-corrected chi connectivity index (χ3v) is 5.49. The monoisotopic (exact) mass is 303 g/mol. The summed E-state index contributed by atoms with van der Waals surface area (Å²) in [6.07, 6.45) is 0.847. The SMILES string of the molecule is CCc1ccc(S(=O)(=O)N2CCOCC2)cc1CCl. The molecule has 4 nitrogen and oxygen atoms in total. The van der Waals surface area contributed by atoms with Gasteiger partial charge in [0.05, 0.1) is 18.1 Å². The highest BCUT2D eigenvalue weighted by molar-refractivity contribution is 7.89. The number of sulfonamides is 1. The predicted octanol–water partition coefficient (Wildman–Crippen LogP) is 2.01. The fraction of sp³-hybridized carbons (Fsp3) is 0.538. The summed E-state index contributed by atoms with van der Waals surface area (Å²) in [5.41, 5.74) is 1.98. The molecule has 0 atom stereocenters. The molecule has 0 radical (unpaired) electrons. The van der Waals surface area contributed by atoms with E-state index in [4.69, 9.17) is 16.3 Å². The minimum Gasteiger partial charge on any atom is -0.379 e. The van der Waals surface area contributed by atoms with Gasteiger partial charge in [-0.25, -0.2) is 8.42 Å². The number of morpholine rings is 1. The zero-order chi connectivity index (χ0) is 13.9. The molecule has 0 unspecified atom stereocenters. The van der Waals surface area contributed by atoms with Gasteiger partial charge in [0.1, 0.15) is 0 Å². The fourth-order valence-corrected chi connectivity index (χ4v) is 3.88. The number of nitrogens with zero attached hydrogens (tertiary/aromatic N) is 1. The first-order valence-electron chi connectivity index (χ1n) is 6.35. The smallest absolute Gasteiger partial charge is 0.243 e. The molecule has 2 rings (SSSR count). The van der Waals surface area contributed by atoms with Crippen molar-refractivity contribution in [3.63, 3.8) is 0 Å². The number of hydrogen-bond donors (Lipinski definition) is 0. The van der Waals surface area contributed by atoms with E-state index in [2.05, 4.69) is 0 Å². The molecule has 0 amide bonds. The first-order valence-corrected chi connectivity index (χ1v) is 8.32. The topological polar surface area (TPSA) is 46.6 Å². The summed E-state index contributed by atoms with van der Waals surface area (Å²) in [4.78, 5) is 0.322. The molecule has 0 bridgehead atoms. The number of rotatable bonds is 4. The van der Waals surface area contributed by atoms with Crippen molar-refractivity contribution < 1.29 is 13.2 Å². The van der Waals surface area contributed by atoms with Crippen LogP contribution in [0.4, 0.5) is 0 Å². The molecule has 0 spiro atoms. The second-order valence-electron chi connectivity index (χ2n) is 4.43. The molecule has 106 valence electrons. The first kappa shape index (κ1) is 14.8. The van der Waals surface area contributed by atoms with E-state index in [0.29, 0.717) is 37.1 Å². The number of ether oxygens (including phenoxy) is 1. The summed E-state index contributed by atoms with van der Waals surface area (Å²) in [5, 5.41) is 0. The van der Waals surface area contributed by atoms with Crippen molar-refractivity contribution in [3.05, 3.63) is 29.3 Å². The van der Waals surface area contributed by atoms with Crippen LogP contribution in [0.15, 0.2) is 23.1 Å². The van der Waals surface area contributed by atoms with E-state index in [1.54, 1.807) is 12.1 Å². The van der Waals surface area contributed by atoms with Crippen LogP contribution in [0.1, 0.15) is 18.1 Å². The van der Waals surface area contributed by atoms with Crippen LogP contribution in [0, 0.1) is 0 Å². The first-order chi connectivity index (χ1) is 9.09. The highest BCUT2D eigenvalue weighted by atomic mass is 35.5. The van der Waals surface area contributed by atoms with Crippen molar-refractivity contribution in [1.82, 2.24) is 4.31 Å². The lowest BCUT2D eigenvalue weighted by Gasteiger charge is -2.26. The van der Waals surface area contributed by atoms with Crippen molar-refractivity contribution in [3.8, 4) is 0 Å². The third-order valence-electron chi connectivity index (χ3n) is 3.31. The number of benzene rings is 1. The molecule has 19 heavy (non-hydrogen) atoms. The Morgan fingerprint density at radius 2 is 1.95 bits per heavy atom. The van der Waals surface area contributed by atoms with Crippen LogP contribution in [-0.4, -0.2) is 39.0 Å². The Kier molecular flexibility index (Phi) is 4.84. The average molecular weight is 304 g/mol. The summed E-state index contributed by atoms with van der Waals surface area (Å²) in [6.45, 7) is 3.76. The van der Waals surface area contributed by atoms with Crippen molar-refractivity contribution in [2.45, 2.75) is 24.1 Å². The van der Waals surface area contributed by atoms with Crippen molar-refractivity contribution in [1.29, 1.82) is 0 Å². The van der Waals surface area contributed by atoms with Crippen molar-refractivity contribution >= 4 is 21.6 Å². The van der Waals surface area contributed by atoms with Crippen LogP contribution >= 0.6 is 11.6 Å². The molecule has 0 N–H and O–H groups in total. The van der Waals surface area contributed by atoms with Gasteiger partial charge in [0.25, 0.3) is 0 Å². The predicted molar refractivity (Wildman–Crippen MR) is 75.0 cm³/mol. The molecule has 0 aromatic heterocycles. The van der Waals surface area contributed by atoms with Crippen molar-refractivity contribution in [2.75, 3.05) is 26.3 Å². The van der Waals surface area contributed by atoms with Gasteiger partial charge in [-0.2, -0.15) is 4.31 Å². The normalized spacial score (nSPS) is 17.6. The fourth-order valence-electron chi connectivity index (χ4n) is 2.17. The van der Waals surface area contributed by atoms with E-state index in [0.717, 1.165) is 17.5 Å². The number of alkyl halides is 1. The van der Waals surface area contributed by atoms with Crippen LogP contribution in [0.25, 0.3) is 0 Å². The van der Waals surface area contributed by atoms with Gasteiger partial charge in [0.2, 0.25) is 10.0 Å². The van der Waals surface area contributed by atoms with Crippen molar-refractivity contribution in [2.24, 2.45) is 0 Å². The minimum absolute atomic E-state index is 0.322. The Bertz CT molecular complexity index is 539. The van der Waals surface area contributed by atoms with Gasteiger partial charge in [0, 0.05) is 19.0 Å². The van der Waals surface area contributed by atoms with Gasteiger partial charge >= 0.3 is 0 Å². The molecule has 1 fully saturated rings. The largest absolute Gasteiger partial charge is 0.379 e. The van der Waals surface area contributed by atoms with Gasteiger partial charge < -0.3 is 4.74 Å². The molecule has 0 saturated carbocycles. The maximum absolute atomic E-state index is 12.5. The summed E-state index contributed by atoms with van der Waals surface area (Å²) < 4.78 is 31.6. The standard InChI is InChI=1S/C13H18ClNO3S/c1-2-11-3-4-13(9-12(11)10-14)19(16,17)15-5-7-18-8-6-15/h3-4,9H,2,5-8,10H2,1H3. The van der Waals surface area contributed by atoms with Gasteiger partial charge in [0.15, 0.2) is 0 Å². The van der Waals surface area contributed by atoms with Gasteiger partial charge in [-0.3, -0.25) is 0 Å². The van der Waals surface area contributed by atoms with E-state index in [-0.39, 0.29) is 0 Å². The second kappa shape index (κ2) is 6.22.